The van der Waals surface area contributed by atoms with Crippen molar-refractivity contribution in [3.8, 4) is 0 Å². The number of amides is 2. The molecule has 7 heteroatoms. The molecule has 1 aliphatic heterocycles. The van der Waals surface area contributed by atoms with Crippen LogP contribution in [-0.2, 0) is 4.79 Å². The summed E-state index contributed by atoms with van der Waals surface area (Å²) in [5.41, 5.74) is 0.841. The summed E-state index contributed by atoms with van der Waals surface area (Å²) in [7, 11) is 0. The number of carbonyl (C=O) groups excluding carboxylic acids is 2. The molecular formula is C15H10F2N2O2S. The van der Waals surface area contributed by atoms with Gasteiger partial charge in [-0.2, -0.15) is 0 Å². The molecule has 1 N–H and O–H groups in total. The first kappa shape index (κ1) is 14.5. The van der Waals surface area contributed by atoms with Crippen LogP contribution in [0.4, 0.5) is 25.0 Å². The van der Waals surface area contributed by atoms with E-state index in [-0.39, 0.29) is 5.82 Å². The number of benzene rings is 2. The molecule has 2 aromatic rings. The standard InChI is InChI=1S/C15H10F2N2O2S/c16-9-1-5-11(6-2-9)18-13-14(20)19(15(21)22-13)12-7-3-10(17)4-8-12/h1-8,13,18H/t13-/m0/s1. The van der Waals surface area contributed by atoms with Crippen molar-refractivity contribution in [2.45, 2.75) is 5.37 Å². The fourth-order valence-corrected chi connectivity index (χ4v) is 2.93. The molecule has 112 valence electrons. The van der Waals surface area contributed by atoms with Crippen LogP contribution in [0.1, 0.15) is 0 Å². The lowest BCUT2D eigenvalue weighted by Gasteiger charge is -2.14. The van der Waals surface area contributed by atoms with E-state index in [0.717, 1.165) is 16.7 Å². The molecule has 2 amide bonds. The number of hydrogen-bond donors (Lipinski definition) is 1. The summed E-state index contributed by atoms with van der Waals surface area (Å²) in [5, 5.41) is 1.62. The molecule has 0 bridgehead atoms. The normalized spacial score (nSPS) is 17.9. The van der Waals surface area contributed by atoms with Crippen LogP contribution in [0.3, 0.4) is 0 Å². The van der Waals surface area contributed by atoms with Gasteiger partial charge in [-0.15, -0.1) is 0 Å². The highest BCUT2D eigenvalue weighted by Gasteiger charge is 2.40. The predicted molar refractivity (Wildman–Crippen MR) is 80.7 cm³/mol. The highest BCUT2D eigenvalue weighted by Crippen LogP contribution is 2.32. The van der Waals surface area contributed by atoms with Gasteiger partial charge in [0.05, 0.1) is 5.69 Å². The van der Waals surface area contributed by atoms with Crippen molar-refractivity contribution < 1.29 is 18.4 Å². The molecule has 0 radical (unpaired) electrons. The molecule has 1 aliphatic rings. The average molecular weight is 320 g/mol. The highest BCUT2D eigenvalue weighted by molar-refractivity contribution is 8.16. The van der Waals surface area contributed by atoms with Crippen LogP contribution in [0.15, 0.2) is 48.5 Å². The first-order valence-electron chi connectivity index (χ1n) is 6.37. The number of nitrogens with one attached hydrogen (secondary N) is 1. The van der Waals surface area contributed by atoms with Gasteiger partial charge in [0.2, 0.25) is 0 Å². The van der Waals surface area contributed by atoms with Crippen molar-refractivity contribution in [3.63, 3.8) is 0 Å². The van der Waals surface area contributed by atoms with Gasteiger partial charge >= 0.3 is 0 Å². The van der Waals surface area contributed by atoms with Crippen molar-refractivity contribution in [2.24, 2.45) is 0 Å². The third-order valence-electron chi connectivity index (χ3n) is 3.07. The second kappa shape index (κ2) is 5.76. The predicted octanol–water partition coefficient (Wildman–Crippen LogP) is 3.60. The van der Waals surface area contributed by atoms with Gasteiger partial charge in [0.25, 0.3) is 11.1 Å². The Hall–Kier alpha value is -2.41. The van der Waals surface area contributed by atoms with Crippen molar-refractivity contribution in [2.75, 3.05) is 10.2 Å². The molecule has 0 aliphatic carbocycles. The second-order valence-electron chi connectivity index (χ2n) is 4.57. The molecule has 1 saturated heterocycles. The molecule has 1 fully saturated rings. The molecule has 22 heavy (non-hydrogen) atoms. The minimum Gasteiger partial charge on any atom is -0.365 e. The summed E-state index contributed by atoms with van der Waals surface area (Å²) < 4.78 is 25.8. The Morgan fingerprint density at radius 1 is 0.909 bits per heavy atom. The minimum atomic E-state index is -0.803. The van der Waals surface area contributed by atoms with Gasteiger partial charge < -0.3 is 5.32 Å². The Kier molecular flexibility index (Phi) is 3.81. The summed E-state index contributed by atoms with van der Waals surface area (Å²) in [4.78, 5) is 25.3. The number of rotatable bonds is 3. The van der Waals surface area contributed by atoms with E-state index >= 15 is 0 Å². The Labute approximate surface area is 129 Å². The molecule has 1 atom stereocenters. The minimum absolute atomic E-state index is 0.312. The van der Waals surface area contributed by atoms with Crippen LogP contribution >= 0.6 is 11.8 Å². The van der Waals surface area contributed by atoms with Crippen LogP contribution in [0.5, 0.6) is 0 Å². The van der Waals surface area contributed by atoms with E-state index in [4.69, 9.17) is 0 Å². The molecule has 1 heterocycles. The van der Waals surface area contributed by atoms with E-state index in [1.807, 2.05) is 0 Å². The van der Waals surface area contributed by atoms with E-state index in [2.05, 4.69) is 5.32 Å². The SMILES string of the molecule is O=C1S[C@H](Nc2ccc(F)cc2)C(=O)N1c1ccc(F)cc1. The number of anilines is 2. The average Bonchev–Trinajstić information content (AvgIpc) is 2.77. The van der Waals surface area contributed by atoms with Gasteiger partial charge in [-0.05, 0) is 60.3 Å². The Morgan fingerprint density at radius 2 is 1.45 bits per heavy atom. The largest absolute Gasteiger partial charge is 0.365 e. The zero-order valence-corrected chi connectivity index (χ0v) is 11.9. The van der Waals surface area contributed by atoms with E-state index in [0.29, 0.717) is 11.4 Å². The molecule has 0 unspecified atom stereocenters. The maximum atomic E-state index is 12.9. The summed E-state index contributed by atoms with van der Waals surface area (Å²) in [5.74, 6) is -1.29. The first-order chi connectivity index (χ1) is 10.5. The van der Waals surface area contributed by atoms with Crippen molar-refractivity contribution in [3.05, 3.63) is 60.2 Å². The smallest absolute Gasteiger partial charge is 0.295 e. The maximum Gasteiger partial charge on any atom is 0.295 e. The zero-order chi connectivity index (χ0) is 15.7. The molecule has 0 aromatic heterocycles. The third kappa shape index (κ3) is 2.80. The van der Waals surface area contributed by atoms with Gasteiger partial charge in [0, 0.05) is 5.69 Å². The van der Waals surface area contributed by atoms with Crippen molar-refractivity contribution >= 4 is 34.3 Å². The molecule has 2 aromatic carbocycles. The molecule has 0 saturated carbocycles. The van der Waals surface area contributed by atoms with E-state index < -0.39 is 22.3 Å². The number of nitrogens with zero attached hydrogens (tertiary/aromatic N) is 1. The van der Waals surface area contributed by atoms with Crippen LogP contribution in [0, 0.1) is 11.6 Å². The summed E-state index contributed by atoms with van der Waals surface area (Å²) in [6.07, 6.45) is 0. The quantitative estimate of drug-likeness (QED) is 0.939. The zero-order valence-electron chi connectivity index (χ0n) is 11.1. The first-order valence-corrected chi connectivity index (χ1v) is 7.25. The number of thioether (sulfide) groups is 1. The van der Waals surface area contributed by atoms with E-state index in [9.17, 15) is 18.4 Å². The van der Waals surface area contributed by atoms with Crippen LogP contribution in [-0.4, -0.2) is 16.5 Å². The highest BCUT2D eigenvalue weighted by atomic mass is 32.2. The van der Waals surface area contributed by atoms with Crippen LogP contribution in [0.2, 0.25) is 0 Å². The van der Waals surface area contributed by atoms with Gasteiger partial charge in [-0.25, -0.2) is 13.7 Å². The topological polar surface area (TPSA) is 49.4 Å². The Balaban J connectivity index is 1.79. The molecular weight excluding hydrogens is 310 g/mol. The number of hydrogen-bond acceptors (Lipinski definition) is 4. The molecule has 3 rings (SSSR count). The summed E-state index contributed by atoms with van der Waals surface area (Å²) in [6, 6.07) is 10.6. The number of halogens is 2. The summed E-state index contributed by atoms with van der Waals surface area (Å²) in [6.45, 7) is 0. The number of imide groups is 1. The van der Waals surface area contributed by atoms with Gasteiger partial charge in [-0.1, -0.05) is 0 Å². The molecule has 0 spiro atoms. The van der Waals surface area contributed by atoms with E-state index in [1.165, 1.54) is 48.5 Å². The molecule has 4 nitrogen and oxygen atoms in total. The third-order valence-corrected chi connectivity index (χ3v) is 4.01. The lowest BCUT2D eigenvalue weighted by molar-refractivity contribution is -0.116. The van der Waals surface area contributed by atoms with Gasteiger partial charge in [0.15, 0.2) is 5.37 Å². The van der Waals surface area contributed by atoms with Crippen molar-refractivity contribution in [1.29, 1.82) is 0 Å². The van der Waals surface area contributed by atoms with Gasteiger partial charge in [-0.3, -0.25) is 9.59 Å². The fourth-order valence-electron chi connectivity index (χ4n) is 2.02. The van der Waals surface area contributed by atoms with Crippen LogP contribution in [0.25, 0.3) is 0 Å². The Morgan fingerprint density at radius 3 is 2.05 bits per heavy atom. The second-order valence-corrected chi connectivity index (χ2v) is 5.62. The Bertz CT molecular complexity index is 719. The van der Waals surface area contributed by atoms with E-state index in [1.54, 1.807) is 0 Å². The van der Waals surface area contributed by atoms with Crippen molar-refractivity contribution in [1.82, 2.24) is 0 Å². The lowest BCUT2D eigenvalue weighted by atomic mass is 10.2. The monoisotopic (exact) mass is 320 g/mol. The van der Waals surface area contributed by atoms with Crippen LogP contribution < -0.4 is 10.2 Å². The number of carbonyl (C=O) groups is 2. The summed E-state index contributed by atoms with van der Waals surface area (Å²) >= 11 is 0.819. The maximum absolute atomic E-state index is 12.9. The van der Waals surface area contributed by atoms with Gasteiger partial charge in [0.1, 0.15) is 11.6 Å². The lowest BCUT2D eigenvalue weighted by Crippen LogP contribution is -2.34. The fraction of sp³-hybridized carbons (Fsp3) is 0.0667.